The molecule has 0 saturated heterocycles. The Hall–Kier alpha value is -4.33. The molecule has 14 nitrogen and oxygen atoms in total. The van der Waals surface area contributed by atoms with E-state index < -0.39 is 54.3 Å². The Bertz CT molecular complexity index is 923. The summed E-state index contributed by atoms with van der Waals surface area (Å²) in [7, 11) is 0. The standard InChI is InChI=1S/C8H8N2O5.C8H6N2O5/c2*1-5(11)6-2-7(9(12)13)4-8(3-6)10(14)15/h2-5,11H,1H3;2-4H,1H3. The van der Waals surface area contributed by atoms with Crippen molar-refractivity contribution in [2.24, 2.45) is 0 Å². The molecule has 0 aliphatic rings. The first-order valence-electron chi connectivity index (χ1n) is 7.90. The smallest absolute Gasteiger partial charge is 0.277 e. The van der Waals surface area contributed by atoms with E-state index in [0.29, 0.717) is 0 Å². The third kappa shape index (κ3) is 6.38. The Labute approximate surface area is 167 Å². The van der Waals surface area contributed by atoms with Crippen molar-refractivity contribution in [2.45, 2.75) is 20.0 Å². The lowest BCUT2D eigenvalue weighted by Gasteiger charge is -2.03. The van der Waals surface area contributed by atoms with Crippen LogP contribution in [-0.4, -0.2) is 30.6 Å². The number of aliphatic hydroxyl groups excluding tert-OH is 1. The highest BCUT2D eigenvalue weighted by Gasteiger charge is 2.19. The molecule has 0 bridgehead atoms. The summed E-state index contributed by atoms with van der Waals surface area (Å²) in [4.78, 5) is 49.7. The van der Waals surface area contributed by atoms with Gasteiger partial charge in [0.2, 0.25) is 0 Å². The fourth-order valence-corrected chi connectivity index (χ4v) is 2.08. The molecule has 0 saturated carbocycles. The molecule has 2 rings (SSSR count). The first-order chi connectivity index (χ1) is 13.8. The molecular weight excluding hydrogens is 408 g/mol. The van der Waals surface area contributed by atoms with Crippen molar-refractivity contribution in [3.63, 3.8) is 0 Å². The van der Waals surface area contributed by atoms with Gasteiger partial charge in [-0.3, -0.25) is 45.3 Å². The lowest BCUT2D eigenvalue weighted by atomic mass is 10.1. The third-order valence-corrected chi connectivity index (χ3v) is 3.56. The average molecular weight is 422 g/mol. The van der Waals surface area contributed by atoms with Crippen molar-refractivity contribution in [3.05, 3.63) is 88.0 Å². The van der Waals surface area contributed by atoms with Crippen molar-refractivity contribution in [1.82, 2.24) is 0 Å². The number of Topliss-reactive ketones (excluding diaryl/α,β-unsaturated/α-hetero) is 1. The number of carbonyl (C=O) groups is 1. The fourth-order valence-electron chi connectivity index (χ4n) is 2.08. The normalized spacial score (nSPS) is 10.9. The van der Waals surface area contributed by atoms with Gasteiger partial charge in [-0.25, -0.2) is 0 Å². The summed E-state index contributed by atoms with van der Waals surface area (Å²) in [6.45, 7) is 2.56. The van der Waals surface area contributed by atoms with E-state index in [1.54, 1.807) is 0 Å². The summed E-state index contributed by atoms with van der Waals surface area (Å²) < 4.78 is 0. The third-order valence-electron chi connectivity index (χ3n) is 3.56. The molecule has 2 aromatic rings. The number of carbonyl (C=O) groups excluding carboxylic acids is 1. The predicted octanol–water partition coefficient (Wildman–Crippen LogP) is 3.26. The van der Waals surface area contributed by atoms with E-state index in [0.717, 1.165) is 36.4 Å². The fraction of sp³-hybridized carbons (Fsp3) is 0.188. The van der Waals surface area contributed by atoms with Crippen LogP contribution in [0.3, 0.4) is 0 Å². The number of nitro benzene ring substituents is 4. The zero-order valence-corrected chi connectivity index (χ0v) is 15.5. The Morgan fingerprint density at radius 2 is 1.03 bits per heavy atom. The van der Waals surface area contributed by atoms with Crippen molar-refractivity contribution < 1.29 is 29.6 Å². The highest BCUT2D eigenvalue weighted by atomic mass is 16.6. The minimum atomic E-state index is -0.983. The van der Waals surface area contributed by atoms with E-state index in [4.69, 9.17) is 0 Å². The molecule has 0 spiro atoms. The van der Waals surface area contributed by atoms with Crippen LogP contribution in [0.25, 0.3) is 0 Å². The quantitative estimate of drug-likeness (QED) is 0.407. The summed E-state index contributed by atoms with van der Waals surface area (Å²) in [5.41, 5.74) is -1.63. The molecule has 0 fully saturated rings. The summed E-state index contributed by atoms with van der Waals surface area (Å²) in [5.74, 6) is -0.457. The van der Waals surface area contributed by atoms with Gasteiger partial charge >= 0.3 is 0 Å². The van der Waals surface area contributed by atoms with Crippen LogP contribution in [0, 0.1) is 40.5 Å². The van der Waals surface area contributed by atoms with Crippen LogP contribution in [-0.2, 0) is 0 Å². The number of hydrogen-bond donors (Lipinski definition) is 1. The Morgan fingerprint density at radius 3 is 1.27 bits per heavy atom. The lowest BCUT2D eigenvalue weighted by Crippen LogP contribution is -1.98. The van der Waals surface area contributed by atoms with Gasteiger partial charge < -0.3 is 5.11 Å². The predicted molar refractivity (Wildman–Crippen MR) is 100 cm³/mol. The van der Waals surface area contributed by atoms with E-state index in [-0.39, 0.29) is 11.1 Å². The van der Waals surface area contributed by atoms with Crippen molar-refractivity contribution in [3.8, 4) is 0 Å². The van der Waals surface area contributed by atoms with E-state index in [1.165, 1.54) is 13.8 Å². The monoisotopic (exact) mass is 422 g/mol. The average Bonchev–Trinajstić information content (AvgIpc) is 2.67. The van der Waals surface area contributed by atoms with Gasteiger partial charge in [-0.1, -0.05) is 0 Å². The first kappa shape index (κ1) is 23.7. The lowest BCUT2D eigenvalue weighted by molar-refractivity contribution is -0.394. The summed E-state index contributed by atoms with van der Waals surface area (Å²) in [5, 5.41) is 50.9. The van der Waals surface area contributed by atoms with Gasteiger partial charge in [0.1, 0.15) is 0 Å². The number of hydrogen-bond acceptors (Lipinski definition) is 10. The molecule has 1 N–H and O–H groups in total. The Kier molecular flexibility index (Phi) is 7.70. The van der Waals surface area contributed by atoms with Crippen LogP contribution in [0.5, 0.6) is 0 Å². The molecule has 0 radical (unpaired) electrons. The topological polar surface area (TPSA) is 210 Å². The molecule has 2 aromatic carbocycles. The molecule has 0 aliphatic carbocycles. The van der Waals surface area contributed by atoms with Gasteiger partial charge in [-0.2, -0.15) is 0 Å². The van der Waals surface area contributed by atoms with Crippen LogP contribution in [0.4, 0.5) is 22.7 Å². The van der Waals surface area contributed by atoms with Gasteiger partial charge in [0.25, 0.3) is 22.7 Å². The van der Waals surface area contributed by atoms with Crippen LogP contribution in [0.2, 0.25) is 0 Å². The van der Waals surface area contributed by atoms with E-state index in [9.17, 15) is 50.4 Å². The summed E-state index contributed by atoms with van der Waals surface area (Å²) in [6, 6.07) is 5.90. The molecule has 0 aliphatic heterocycles. The SMILES string of the molecule is CC(=O)c1cc([N+](=O)[O-])cc([N+](=O)[O-])c1.CC(O)c1cc([N+](=O)[O-])cc([N+](=O)[O-])c1. The zero-order chi connectivity index (χ0) is 23.2. The van der Waals surface area contributed by atoms with Crippen LogP contribution in [0.15, 0.2) is 36.4 Å². The number of non-ortho nitro benzene ring substituents is 4. The minimum Gasteiger partial charge on any atom is -0.389 e. The van der Waals surface area contributed by atoms with Crippen molar-refractivity contribution in [2.75, 3.05) is 0 Å². The van der Waals surface area contributed by atoms with E-state index in [1.807, 2.05) is 0 Å². The largest absolute Gasteiger partial charge is 0.389 e. The molecule has 1 unspecified atom stereocenters. The van der Waals surface area contributed by atoms with E-state index >= 15 is 0 Å². The minimum absolute atomic E-state index is 0.0455. The molecule has 14 heteroatoms. The Morgan fingerprint density at radius 1 is 0.733 bits per heavy atom. The molecule has 30 heavy (non-hydrogen) atoms. The maximum atomic E-state index is 10.9. The number of benzene rings is 2. The maximum Gasteiger partial charge on any atom is 0.277 e. The second kappa shape index (κ2) is 9.74. The number of ketones is 1. The number of aliphatic hydroxyl groups is 1. The molecule has 1 atom stereocenters. The number of rotatable bonds is 6. The van der Waals surface area contributed by atoms with Crippen LogP contribution < -0.4 is 0 Å². The number of nitro groups is 4. The van der Waals surface area contributed by atoms with Crippen LogP contribution in [0.1, 0.15) is 35.9 Å². The van der Waals surface area contributed by atoms with Gasteiger partial charge in [0.15, 0.2) is 5.78 Å². The molecule has 0 amide bonds. The second-order valence-electron chi connectivity index (χ2n) is 5.78. The second-order valence-corrected chi connectivity index (χ2v) is 5.78. The molecular formula is C16H14N4O10. The highest BCUT2D eigenvalue weighted by Crippen LogP contribution is 2.26. The van der Waals surface area contributed by atoms with E-state index in [2.05, 4.69) is 0 Å². The van der Waals surface area contributed by atoms with Gasteiger partial charge in [0.05, 0.1) is 37.9 Å². The zero-order valence-electron chi connectivity index (χ0n) is 15.5. The summed E-state index contributed by atoms with van der Waals surface area (Å²) in [6.07, 6.45) is -0.983. The van der Waals surface area contributed by atoms with Gasteiger partial charge in [-0.15, -0.1) is 0 Å². The highest BCUT2D eigenvalue weighted by molar-refractivity contribution is 5.95. The molecule has 158 valence electrons. The summed E-state index contributed by atoms with van der Waals surface area (Å²) >= 11 is 0. The Balaban J connectivity index is 0.000000300. The van der Waals surface area contributed by atoms with Gasteiger partial charge in [0, 0.05) is 29.8 Å². The van der Waals surface area contributed by atoms with Crippen LogP contribution >= 0.6 is 0 Å². The molecule has 0 heterocycles. The van der Waals surface area contributed by atoms with Crippen molar-refractivity contribution >= 4 is 28.5 Å². The van der Waals surface area contributed by atoms with Gasteiger partial charge in [-0.05, 0) is 19.4 Å². The first-order valence-corrected chi connectivity index (χ1v) is 7.90. The van der Waals surface area contributed by atoms with Crippen molar-refractivity contribution in [1.29, 1.82) is 0 Å². The number of nitrogens with zero attached hydrogens (tertiary/aromatic N) is 4. The molecule has 0 aromatic heterocycles. The maximum absolute atomic E-state index is 10.9.